The van der Waals surface area contributed by atoms with Gasteiger partial charge in [0.2, 0.25) is 5.95 Å². The molecular weight excluding hydrogens is 300 g/mol. The second-order valence-corrected chi connectivity index (χ2v) is 6.13. The quantitative estimate of drug-likeness (QED) is 0.830. The van der Waals surface area contributed by atoms with Crippen molar-refractivity contribution in [2.75, 3.05) is 24.5 Å². The van der Waals surface area contributed by atoms with E-state index in [1.54, 1.807) is 12.3 Å². The van der Waals surface area contributed by atoms with Gasteiger partial charge in [0.05, 0.1) is 0 Å². The predicted octanol–water partition coefficient (Wildman–Crippen LogP) is 2.83. The van der Waals surface area contributed by atoms with Crippen LogP contribution in [0.25, 0.3) is 0 Å². The zero-order valence-corrected chi connectivity index (χ0v) is 13.9. The van der Waals surface area contributed by atoms with Gasteiger partial charge >= 0.3 is 0 Å². The molecule has 0 radical (unpaired) electrons. The van der Waals surface area contributed by atoms with Crippen LogP contribution in [-0.4, -0.2) is 35.5 Å². The molecule has 0 bridgehead atoms. The molecule has 5 heteroatoms. The molecule has 1 aromatic carbocycles. The Kier molecular flexibility index (Phi) is 5.77. The number of rotatable bonds is 6. The number of hydrogen-bond donors (Lipinski definition) is 1. The van der Waals surface area contributed by atoms with Gasteiger partial charge in [-0.25, -0.2) is 9.97 Å². The predicted molar refractivity (Wildman–Crippen MR) is 95.2 cm³/mol. The summed E-state index contributed by atoms with van der Waals surface area (Å²) in [4.78, 5) is 23.2. The minimum Gasteiger partial charge on any atom is -0.351 e. The smallest absolute Gasteiger partial charge is 0.270 e. The van der Waals surface area contributed by atoms with Gasteiger partial charge in [-0.15, -0.1) is 0 Å². The number of aromatic nitrogens is 2. The summed E-state index contributed by atoms with van der Waals surface area (Å²) in [5, 5.41) is 2.95. The molecule has 0 unspecified atom stereocenters. The van der Waals surface area contributed by atoms with Gasteiger partial charge in [-0.05, 0) is 43.7 Å². The van der Waals surface area contributed by atoms with Gasteiger partial charge in [-0.1, -0.05) is 30.3 Å². The van der Waals surface area contributed by atoms with Crippen molar-refractivity contribution in [2.24, 2.45) is 0 Å². The van der Waals surface area contributed by atoms with E-state index in [4.69, 9.17) is 0 Å². The van der Waals surface area contributed by atoms with Crippen molar-refractivity contribution >= 4 is 11.9 Å². The monoisotopic (exact) mass is 324 g/mol. The van der Waals surface area contributed by atoms with E-state index in [2.05, 4.69) is 32.3 Å². The zero-order chi connectivity index (χ0) is 16.6. The highest BCUT2D eigenvalue weighted by Gasteiger charge is 2.15. The number of benzene rings is 1. The number of amides is 1. The summed E-state index contributed by atoms with van der Waals surface area (Å²) in [6.07, 6.45) is 7.15. The third kappa shape index (κ3) is 4.54. The lowest BCUT2D eigenvalue weighted by Gasteiger charge is -2.26. The Morgan fingerprint density at radius 3 is 2.67 bits per heavy atom. The van der Waals surface area contributed by atoms with Crippen molar-refractivity contribution in [2.45, 2.75) is 32.1 Å². The SMILES string of the molecule is O=C(NCCCc1ccccc1)c1ccnc(N2CCCCC2)n1. The number of aryl methyl sites for hydroxylation is 1. The first-order chi connectivity index (χ1) is 11.8. The summed E-state index contributed by atoms with van der Waals surface area (Å²) in [5.74, 6) is 0.551. The van der Waals surface area contributed by atoms with Gasteiger partial charge in [0.15, 0.2) is 0 Å². The molecule has 1 aliphatic heterocycles. The highest BCUT2D eigenvalue weighted by atomic mass is 16.1. The van der Waals surface area contributed by atoms with E-state index in [1.807, 2.05) is 18.2 Å². The minimum absolute atomic E-state index is 0.122. The molecule has 24 heavy (non-hydrogen) atoms. The van der Waals surface area contributed by atoms with Crippen molar-refractivity contribution in [1.82, 2.24) is 15.3 Å². The highest BCUT2D eigenvalue weighted by molar-refractivity contribution is 5.92. The van der Waals surface area contributed by atoms with E-state index in [-0.39, 0.29) is 5.91 Å². The zero-order valence-electron chi connectivity index (χ0n) is 13.9. The molecule has 0 aliphatic carbocycles. The third-order valence-corrected chi connectivity index (χ3v) is 4.29. The van der Waals surface area contributed by atoms with E-state index in [0.717, 1.165) is 25.9 Å². The fraction of sp³-hybridized carbons (Fsp3) is 0.421. The molecule has 1 fully saturated rings. The first-order valence-corrected chi connectivity index (χ1v) is 8.73. The van der Waals surface area contributed by atoms with E-state index < -0.39 is 0 Å². The molecule has 1 saturated heterocycles. The van der Waals surface area contributed by atoms with Crippen LogP contribution in [0.3, 0.4) is 0 Å². The number of piperidine rings is 1. The highest BCUT2D eigenvalue weighted by Crippen LogP contribution is 2.15. The summed E-state index contributed by atoms with van der Waals surface area (Å²) in [6, 6.07) is 12.0. The van der Waals surface area contributed by atoms with Gasteiger partial charge < -0.3 is 10.2 Å². The maximum absolute atomic E-state index is 12.3. The van der Waals surface area contributed by atoms with Crippen LogP contribution >= 0.6 is 0 Å². The molecule has 5 nitrogen and oxygen atoms in total. The Balaban J connectivity index is 1.49. The van der Waals surface area contributed by atoms with E-state index in [9.17, 15) is 4.79 Å². The lowest BCUT2D eigenvalue weighted by Crippen LogP contribution is -2.32. The number of nitrogens with one attached hydrogen (secondary N) is 1. The number of anilines is 1. The second-order valence-electron chi connectivity index (χ2n) is 6.13. The lowest BCUT2D eigenvalue weighted by atomic mass is 10.1. The van der Waals surface area contributed by atoms with E-state index in [1.165, 1.54) is 24.8 Å². The van der Waals surface area contributed by atoms with Gasteiger partial charge in [0, 0.05) is 25.8 Å². The third-order valence-electron chi connectivity index (χ3n) is 4.29. The second kappa shape index (κ2) is 8.43. The molecule has 1 aromatic heterocycles. The van der Waals surface area contributed by atoms with E-state index in [0.29, 0.717) is 18.2 Å². The maximum atomic E-state index is 12.3. The standard InChI is InChI=1S/C19H24N4O/c24-18(20-12-7-10-16-8-3-1-4-9-16)17-11-13-21-19(22-17)23-14-5-2-6-15-23/h1,3-4,8-9,11,13H,2,5-7,10,12,14-15H2,(H,20,24). The average Bonchev–Trinajstić information content (AvgIpc) is 2.67. The van der Waals surface area contributed by atoms with Crippen molar-refractivity contribution in [3.8, 4) is 0 Å². The summed E-state index contributed by atoms with van der Waals surface area (Å²) >= 11 is 0. The van der Waals surface area contributed by atoms with Crippen LogP contribution in [0.4, 0.5) is 5.95 Å². The Hall–Kier alpha value is -2.43. The average molecular weight is 324 g/mol. The molecule has 2 heterocycles. The Morgan fingerprint density at radius 1 is 1.08 bits per heavy atom. The largest absolute Gasteiger partial charge is 0.351 e. The molecule has 2 aromatic rings. The van der Waals surface area contributed by atoms with Crippen molar-refractivity contribution in [3.63, 3.8) is 0 Å². The van der Waals surface area contributed by atoms with Crippen molar-refractivity contribution in [1.29, 1.82) is 0 Å². The summed E-state index contributed by atoms with van der Waals surface area (Å²) < 4.78 is 0. The Bertz CT molecular complexity index is 653. The first kappa shape index (κ1) is 16.4. The number of carbonyl (C=O) groups is 1. The fourth-order valence-electron chi connectivity index (χ4n) is 2.95. The molecule has 3 rings (SSSR count). The van der Waals surface area contributed by atoms with Crippen LogP contribution in [0.5, 0.6) is 0 Å². The van der Waals surface area contributed by atoms with Crippen LogP contribution in [0.15, 0.2) is 42.6 Å². The van der Waals surface area contributed by atoms with Crippen molar-refractivity contribution in [3.05, 3.63) is 53.9 Å². The molecule has 1 aliphatic rings. The molecule has 0 spiro atoms. The minimum atomic E-state index is -0.122. The van der Waals surface area contributed by atoms with Crippen LogP contribution in [-0.2, 0) is 6.42 Å². The first-order valence-electron chi connectivity index (χ1n) is 8.73. The summed E-state index contributed by atoms with van der Waals surface area (Å²) in [5.41, 5.74) is 1.74. The summed E-state index contributed by atoms with van der Waals surface area (Å²) in [7, 11) is 0. The van der Waals surface area contributed by atoms with Crippen LogP contribution in [0.2, 0.25) is 0 Å². The Labute approximate surface area is 143 Å². The topological polar surface area (TPSA) is 58.1 Å². The van der Waals surface area contributed by atoms with Crippen LogP contribution in [0.1, 0.15) is 41.7 Å². The van der Waals surface area contributed by atoms with Crippen LogP contribution in [0, 0.1) is 0 Å². The Morgan fingerprint density at radius 2 is 1.88 bits per heavy atom. The number of carbonyl (C=O) groups excluding carboxylic acids is 1. The van der Waals surface area contributed by atoms with E-state index >= 15 is 0 Å². The molecule has 0 saturated carbocycles. The fourth-order valence-corrected chi connectivity index (χ4v) is 2.95. The van der Waals surface area contributed by atoms with Crippen molar-refractivity contribution < 1.29 is 4.79 Å². The van der Waals surface area contributed by atoms with Gasteiger partial charge in [-0.3, -0.25) is 4.79 Å². The number of nitrogens with zero attached hydrogens (tertiary/aromatic N) is 3. The molecule has 0 atom stereocenters. The van der Waals surface area contributed by atoms with Crippen LogP contribution < -0.4 is 10.2 Å². The molecule has 1 N–H and O–H groups in total. The maximum Gasteiger partial charge on any atom is 0.270 e. The molecule has 126 valence electrons. The molecular formula is C19H24N4O. The molecule has 1 amide bonds. The number of hydrogen-bond acceptors (Lipinski definition) is 4. The van der Waals surface area contributed by atoms with Gasteiger partial charge in [0.1, 0.15) is 5.69 Å². The normalized spacial score (nSPS) is 14.4. The summed E-state index contributed by atoms with van der Waals surface area (Å²) in [6.45, 7) is 2.60. The lowest BCUT2D eigenvalue weighted by molar-refractivity contribution is 0.0948. The van der Waals surface area contributed by atoms with Gasteiger partial charge in [-0.2, -0.15) is 0 Å². The van der Waals surface area contributed by atoms with Gasteiger partial charge in [0.25, 0.3) is 5.91 Å².